The molecule has 0 saturated carbocycles. The molecule has 6 nitrogen and oxygen atoms in total. The third-order valence-corrected chi connectivity index (χ3v) is 3.85. The topological polar surface area (TPSA) is 88.6 Å². The third-order valence-electron chi connectivity index (χ3n) is 3.85. The Morgan fingerprint density at radius 1 is 1.19 bits per heavy atom. The van der Waals surface area contributed by atoms with Crippen LogP contribution in [0.2, 0.25) is 0 Å². The summed E-state index contributed by atoms with van der Waals surface area (Å²) in [6.45, 7) is -0.343. The van der Waals surface area contributed by atoms with Crippen molar-refractivity contribution in [1.82, 2.24) is 4.98 Å². The lowest BCUT2D eigenvalue weighted by atomic mass is 10.1. The van der Waals surface area contributed by atoms with Crippen molar-refractivity contribution < 1.29 is 24.2 Å². The molecule has 132 valence electrons. The fourth-order valence-electron chi connectivity index (χ4n) is 2.53. The van der Waals surface area contributed by atoms with E-state index in [1.54, 1.807) is 18.3 Å². The Kier molecular flexibility index (Phi) is 5.03. The molecule has 0 aliphatic rings. The first-order valence-electron chi connectivity index (χ1n) is 7.89. The molecule has 0 unspecified atom stereocenters. The van der Waals surface area contributed by atoms with E-state index < -0.39 is 5.97 Å². The number of hydrogen-bond donors (Lipinski definition) is 2. The van der Waals surface area contributed by atoms with Gasteiger partial charge in [-0.1, -0.05) is 24.3 Å². The number of carbonyl (C=O) groups excluding carboxylic acids is 2. The summed E-state index contributed by atoms with van der Waals surface area (Å²) in [6.07, 6.45) is 4.34. The van der Waals surface area contributed by atoms with E-state index in [1.165, 1.54) is 25.3 Å². The number of methoxy groups -OCH3 is 1. The van der Waals surface area contributed by atoms with Crippen molar-refractivity contribution in [3.63, 3.8) is 0 Å². The number of benzene rings is 2. The zero-order chi connectivity index (χ0) is 18.5. The van der Waals surface area contributed by atoms with E-state index in [1.807, 2.05) is 24.3 Å². The first-order chi connectivity index (χ1) is 12.6. The van der Waals surface area contributed by atoms with Crippen LogP contribution in [-0.2, 0) is 9.53 Å². The maximum atomic E-state index is 12.3. The van der Waals surface area contributed by atoms with Crippen molar-refractivity contribution in [2.75, 3.05) is 13.7 Å². The number of hydrogen-bond acceptors (Lipinski definition) is 5. The molecule has 0 fully saturated rings. The van der Waals surface area contributed by atoms with Crippen molar-refractivity contribution in [3.05, 3.63) is 65.9 Å². The predicted molar refractivity (Wildman–Crippen MR) is 97.3 cm³/mol. The Hall–Kier alpha value is -3.54. The first-order valence-corrected chi connectivity index (χ1v) is 7.89. The zero-order valence-corrected chi connectivity index (χ0v) is 14.1. The second-order valence-electron chi connectivity index (χ2n) is 5.54. The van der Waals surface area contributed by atoms with Gasteiger partial charge in [0.05, 0.1) is 7.11 Å². The molecule has 0 radical (unpaired) electrons. The van der Waals surface area contributed by atoms with Gasteiger partial charge in [0.1, 0.15) is 0 Å². The van der Waals surface area contributed by atoms with E-state index >= 15 is 0 Å². The number of aromatic hydroxyl groups is 1. The van der Waals surface area contributed by atoms with E-state index in [4.69, 9.17) is 9.47 Å². The van der Waals surface area contributed by atoms with Gasteiger partial charge < -0.3 is 19.6 Å². The summed E-state index contributed by atoms with van der Waals surface area (Å²) in [5.41, 5.74) is 1.99. The monoisotopic (exact) mass is 351 g/mol. The Morgan fingerprint density at radius 3 is 2.81 bits per heavy atom. The highest BCUT2D eigenvalue weighted by atomic mass is 16.5. The largest absolute Gasteiger partial charge is 0.504 e. The smallest absolute Gasteiger partial charge is 0.331 e. The fraction of sp³-hybridized carbons (Fsp3) is 0.100. The first kappa shape index (κ1) is 17.3. The van der Waals surface area contributed by atoms with E-state index in [2.05, 4.69) is 4.98 Å². The van der Waals surface area contributed by atoms with Gasteiger partial charge in [0.2, 0.25) is 5.78 Å². The number of rotatable bonds is 6. The molecule has 0 saturated heterocycles. The number of esters is 1. The van der Waals surface area contributed by atoms with E-state index in [0.29, 0.717) is 16.9 Å². The average molecular weight is 351 g/mol. The Morgan fingerprint density at radius 2 is 2.00 bits per heavy atom. The highest BCUT2D eigenvalue weighted by molar-refractivity contribution is 6.09. The second kappa shape index (κ2) is 7.57. The molecule has 1 heterocycles. The summed E-state index contributed by atoms with van der Waals surface area (Å²) in [5, 5.41) is 10.3. The molecule has 6 heteroatoms. The van der Waals surface area contributed by atoms with Crippen molar-refractivity contribution >= 4 is 28.7 Å². The van der Waals surface area contributed by atoms with Gasteiger partial charge in [0.15, 0.2) is 18.1 Å². The molecule has 0 aliphatic heterocycles. The van der Waals surface area contributed by atoms with Crippen LogP contribution in [0.15, 0.2) is 54.7 Å². The van der Waals surface area contributed by atoms with Crippen molar-refractivity contribution in [2.45, 2.75) is 0 Å². The number of para-hydroxylation sites is 1. The molecule has 2 N–H and O–H groups in total. The van der Waals surface area contributed by atoms with Gasteiger partial charge in [-0.05, 0) is 29.8 Å². The molecule has 0 atom stereocenters. The lowest BCUT2D eigenvalue weighted by Crippen LogP contribution is -2.12. The molecule has 1 aromatic heterocycles. The minimum Gasteiger partial charge on any atom is -0.504 e. The standard InChI is InChI=1S/C20H17NO5/c1-25-19-10-13(6-8-17(19)22)7-9-20(24)26-12-18(23)15-11-21-16-5-3-2-4-14(15)16/h2-11,21-22H,12H2,1H3/b9-7+. The summed E-state index contributed by atoms with van der Waals surface area (Å²) >= 11 is 0. The molecule has 3 aromatic rings. The third kappa shape index (κ3) is 3.75. The van der Waals surface area contributed by atoms with Crippen molar-refractivity contribution in [1.29, 1.82) is 0 Å². The SMILES string of the molecule is COc1cc(/C=C/C(=O)OCC(=O)c2c[nH]c3ccccc23)ccc1O. The number of fused-ring (bicyclic) bond motifs is 1. The predicted octanol–water partition coefficient (Wildman–Crippen LogP) is 3.32. The van der Waals surface area contributed by atoms with Gasteiger partial charge in [-0.25, -0.2) is 4.79 Å². The van der Waals surface area contributed by atoms with E-state index in [9.17, 15) is 14.7 Å². The summed E-state index contributed by atoms with van der Waals surface area (Å²) in [6, 6.07) is 12.1. The number of phenols is 1. The van der Waals surface area contributed by atoms with Crippen LogP contribution in [0.4, 0.5) is 0 Å². The average Bonchev–Trinajstić information content (AvgIpc) is 3.09. The van der Waals surface area contributed by atoms with Gasteiger partial charge in [0.25, 0.3) is 0 Å². The zero-order valence-electron chi connectivity index (χ0n) is 14.1. The highest BCUT2D eigenvalue weighted by Crippen LogP contribution is 2.26. The molecule has 26 heavy (non-hydrogen) atoms. The number of H-pyrrole nitrogens is 1. The maximum absolute atomic E-state index is 12.3. The number of phenolic OH excluding ortho intramolecular Hbond substituents is 1. The normalized spacial score (nSPS) is 11.0. The van der Waals surface area contributed by atoms with Gasteiger partial charge in [-0.2, -0.15) is 0 Å². The quantitative estimate of drug-likeness (QED) is 0.404. The van der Waals surface area contributed by atoms with Crippen molar-refractivity contribution in [2.24, 2.45) is 0 Å². The van der Waals surface area contributed by atoms with Crippen LogP contribution in [0.5, 0.6) is 11.5 Å². The number of nitrogens with one attached hydrogen (secondary N) is 1. The van der Waals surface area contributed by atoms with Crippen LogP contribution in [0.1, 0.15) is 15.9 Å². The van der Waals surface area contributed by atoms with Gasteiger partial charge in [0, 0.05) is 28.7 Å². The second-order valence-corrected chi connectivity index (χ2v) is 5.54. The Bertz CT molecular complexity index is 987. The Labute approximate surface area is 149 Å². The maximum Gasteiger partial charge on any atom is 0.331 e. The van der Waals surface area contributed by atoms with Crippen LogP contribution < -0.4 is 4.74 Å². The molecular weight excluding hydrogens is 334 g/mol. The molecule has 2 aromatic carbocycles. The molecular formula is C20H17NO5. The van der Waals surface area contributed by atoms with Gasteiger partial charge in [-0.15, -0.1) is 0 Å². The van der Waals surface area contributed by atoms with Crippen LogP contribution in [0.25, 0.3) is 17.0 Å². The van der Waals surface area contributed by atoms with Crippen LogP contribution in [0.3, 0.4) is 0 Å². The molecule has 3 rings (SSSR count). The number of carbonyl (C=O) groups is 2. The molecule has 0 spiro atoms. The van der Waals surface area contributed by atoms with E-state index in [-0.39, 0.29) is 18.1 Å². The molecule has 0 aliphatic carbocycles. The molecule has 0 amide bonds. The van der Waals surface area contributed by atoms with Crippen LogP contribution in [0, 0.1) is 0 Å². The number of ether oxygens (including phenoxy) is 2. The Balaban J connectivity index is 1.61. The molecule has 0 bridgehead atoms. The van der Waals surface area contributed by atoms with Crippen LogP contribution >= 0.6 is 0 Å². The number of aromatic nitrogens is 1. The number of ketones is 1. The minimum atomic E-state index is -0.634. The van der Waals surface area contributed by atoms with Crippen molar-refractivity contribution in [3.8, 4) is 11.5 Å². The summed E-state index contributed by atoms with van der Waals surface area (Å²) in [7, 11) is 1.44. The summed E-state index contributed by atoms with van der Waals surface area (Å²) < 4.78 is 10.0. The highest BCUT2D eigenvalue weighted by Gasteiger charge is 2.13. The van der Waals surface area contributed by atoms with E-state index in [0.717, 1.165) is 10.9 Å². The van der Waals surface area contributed by atoms with Gasteiger partial charge >= 0.3 is 5.97 Å². The van der Waals surface area contributed by atoms with Gasteiger partial charge in [-0.3, -0.25) is 4.79 Å². The van der Waals surface area contributed by atoms with Crippen LogP contribution in [-0.4, -0.2) is 35.6 Å². The fourth-order valence-corrected chi connectivity index (χ4v) is 2.53. The number of Topliss-reactive ketones (excluding diaryl/α,β-unsaturated/α-hetero) is 1. The lowest BCUT2D eigenvalue weighted by molar-refractivity contribution is -0.136. The number of aromatic amines is 1. The lowest BCUT2D eigenvalue weighted by Gasteiger charge is -2.04. The summed E-state index contributed by atoms with van der Waals surface area (Å²) in [4.78, 5) is 27.1. The minimum absolute atomic E-state index is 0.0107. The summed E-state index contributed by atoms with van der Waals surface area (Å²) in [5.74, 6) is -0.604.